The molecule has 0 fully saturated rings. The molecule has 0 saturated heterocycles. The van der Waals surface area contributed by atoms with E-state index in [1.807, 2.05) is 27.8 Å². The summed E-state index contributed by atoms with van der Waals surface area (Å²) >= 11 is 0. The highest BCUT2D eigenvalue weighted by molar-refractivity contribution is 7.92. The first-order valence-corrected chi connectivity index (χ1v) is 10.6. The molecule has 0 spiro atoms. The van der Waals surface area contributed by atoms with Crippen LogP contribution >= 0.6 is 0 Å². The Morgan fingerprint density at radius 2 is 1.76 bits per heavy atom. The molecule has 0 aliphatic heterocycles. The van der Waals surface area contributed by atoms with Crippen LogP contribution in [-0.4, -0.2) is 29.9 Å². The van der Waals surface area contributed by atoms with Gasteiger partial charge in [-0.2, -0.15) is 0 Å². The topological polar surface area (TPSA) is 95.2 Å². The number of methoxy groups -OCH3 is 1. The number of hydrogen-bond donors (Lipinski definition) is 1. The summed E-state index contributed by atoms with van der Waals surface area (Å²) in [6, 6.07) is 9.31. The van der Waals surface area contributed by atoms with Crippen molar-refractivity contribution in [1.82, 2.24) is 14.3 Å². The maximum absolute atomic E-state index is 12.8. The second-order valence-electron chi connectivity index (χ2n) is 6.98. The molecule has 1 aromatic carbocycles. The van der Waals surface area contributed by atoms with Crippen molar-refractivity contribution in [2.24, 2.45) is 7.05 Å². The zero-order valence-corrected chi connectivity index (χ0v) is 17.8. The van der Waals surface area contributed by atoms with E-state index in [1.54, 1.807) is 33.6 Å². The summed E-state index contributed by atoms with van der Waals surface area (Å²) in [6.07, 6.45) is 1.38. The molecule has 0 atom stereocenters. The van der Waals surface area contributed by atoms with Crippen molar-refractivity contribution in [1.29, 1.82) is 0 Å². The first-order valence-electron chi connectivity index (χ1n) is 9.07. The van der Waals surface area contributed by atoms with Crippen molar-refractivity contribution in [2.45, 2.75) is 31.6 Å². The molecule has 0 saturated carbocycles. The van der Waals surface area contributed by atoms with Crippen LogP contribution in [0.5, 0.6) is 5.88 Å². The Bertz CT molecular complexity index is 1170. The smallest absolute Gasteiger partial charge is 0.275 e. The lowest BCUT2D eigenvalue weighted by Crippen LogP contribution is -2.21. The third-order valence-electron chi connectivity index (χ3n) is 4.76. The van der Waals surface area contributed by atoms with E-state index in [1.165, 1.54) is 25.4 Å². The summed E-state index contributed by atoms with van der Waals surface area (Å²) in [4.78, 5) is 16.9. The van der Waals surface area contributed by atoms with Gasteiger partial charge >= 0.3 is 0 Å². The fourth-order valence-corrected chi connectivity index (χ4v) is 4.27. The highest BCUT2D eigenvalue weighted by Crippen LogP contribution is 2.20. The highest BCUT2D eigenvalue weighted by atomic mass is 32.2. The van der Waals surface area contributed by atoms with Crippen molar-refractivity contribution < 1.29 is 13.2 Å². The van der Waals surface area contributed by atoms with Crippen LogP contribution in [0.2, 0.25) is 0 Å². The van der Waals surface area contributed by atoms with Crippen molar-refractivity contribution in [3.05, 3.63) is 64.2 Å². The monoisotopic (exact) mass is 416 g/mol. The van der Waals surface area contributed by atoms with E-state index in [0.717, 1.165) is 11.3 Å². The van der Waals surface area contributed by atoms with E-state index in [2.05, 4.69) is 9.71 Å². The summed E-state index contributed by atoms with van der Waals surface area (Å²) in [7, 11) is -0.499. The average Bonchev–Trinajstić information content (AvgIpc) is 2.91. The third-order valence-corrected chi connectivity index (χ3v) is 6.16. The molecular formula is C20H24N4O4S. The van der Waals surface area contributed by atoms with E-state index in [9.17, 15) is 13.2 Å². The van der Waals surface area contributed by atoms with Gasteiger partial charge in [0.25, 0.3) is 15.6 Å². The minimum absolute atomic E-state index is 0.0835. The molecule has 9 heteroatoms. The Labute approximate surface area is 169 Å². The number of anilines is 1. The Morgan fingerprint density at radius 1 is 1.10 bits per heavy atom. The van der Waals surface area contributed by atoms with Crippen LogP contribution in [0.25, 0.3) is 5.69 Å². The van der Waals surface area contributed by atoms with Crippen molar-refractivity contribution in [3.63, 3.8) is 0 Å². The highest BCUT2D eigenvalue weighted by Gasteiger charge is 2.19. The number of rotatable bonds is 6. The lowest BCUT2D eigenvalue weighted by atomic mass is 10.0. The molecular weight excluding hydrogens is 392 g/mol. The van der Waals surface area contributed by atoms with Gasteiger partial charge in [0.05, 0.1) is 29.6 Å². The molecule has 2 aromatic heterocycles. The Kier molecular flexibility index (Phi) is 5.52. The lowest BCUT2D eigenvalue weighted by Gasteiger charge is -2.11. The summed E-state index contributed by atoms with van der Waals surface area (Å²) < 4.78 is 36.0. The third kappa shape index (κ3) is 3.91. The molecule has 3 rings (SSSR count). The molecule has 154 valence electrons. The van der Waals surface area contributed by atoms with Crippen LogP contribution in [0, 0.1) is 6.92 Å². The number of hydrogen-bond acceptors (Lipinski definition) is 5. The lowest BCUT2D eigenvalue weighted by molar-refractivity contribution is 0.398. The quantitative estimate of drug-likeness (QED) is 0.667. The molecule has 0 unspecified atom stereocenters. The zero-order chi connectivity index (χ0) is 21.3. The minimum Gasteiger partial charge on any atom is -0.481 e. The molecule has 0 aliphatic carbocycles. The first-order chi connectivity index (χ1) is 13.7. The second kappa shape index (κ2) is 7.75. The normalized spacial score (nSPS) is 11.7. The van der Waals surface area contributed by atoms with Gasteiger partial charge in [0.15, 0.2) is 0 Å². The summed E-state index contributed by atoms with van der Waals surface area (Å²) in [5.41, 5.74) is 2.45. The van der Waals surface area contributed by atoms with Gasteiger partial charge in [0.2, 0.25) is 5.88 Å². The predicted molar refractivity (Wildman–Crippen MR) is 111 cm³/mol. The van der Waals surface area contributed by atoms with Gasteiger partial charge in [-0.05, 0) is 43.2 Å². The summed E-state index contributed by atoms with van der Waals surface area (Å²) in [6.45, 7) is 5.85. The van der Waals surface area contributed by atoms with Crippen molar-refractivity contribution >= 4 is 15.7 Å². The van der Waals surface area contributed by atoms with Crippen LogP contribution < -0.4 is 15.0 Å². The number of benzene rings is 1. The molecule has 2 heterocycles. The van der Waals surface area contributed by atoms with Crippen LogP contribution in [-0.2, 0) is 17.1 Å². The molecule has 1 N–H and O–H groups in total. The van der Waals surface area contributed by atoms with Gasteiger partial charge < -0.3 is 4.74 Å². The number of nitrogens with one attached hydrogen (secondary N) is 1. The van der Waals surface area contributed by atoms with Crippen molar-refractivity contribution in [3.8, 4) is 11.6 Å². The molecule has 8 nitrogen and oxygen atoms in total. The maximum atomic E-state index is 12.8. The van der Waals surface area contributed by atoms with Gasteiger partial charge in [0.1, 0.15) is 0 Å². The maximum Gasteiger partial charge on any atom is 0.275 e. The SMILES string of the molecule is COc1ccc(NS(=O)(=O)c2ccc(-n3c(=O)c(C(C)C)c(C)n3C)cc2)cn1. The average molecular weight is 417 g/mol. The van der Waals surface area contributed by atoms with E-state index in [4.69, 9.17) is 4.74 Å². The largest absolute Gasteiger partial charge is 0.481 e. The van der Waals surface area contributed by atoms with Crippen LogP contribution in [0.4, 0.5) is 5.69 Å². The van der Waals surface area contributed by atoms with E-state index in [0.29, 0.717) is 17.3 Å². The predicted octanol–water partition coefficient (Wildman–Crippen LogP) is 2.81. The first kappa shape index (κ1) is 20.7. The Morgan fingerprint density at radius 3 is 2.24 bits per heavy atom. The number of ether oxygens (including phenoxy) is 1. The number of nitrogens with zero attached hydrogens (tertiary/aromatic N) is 3. The van der Waals surface area contributed by atoms with E-state index >= 15 is 0 Å². The van der Waals surface area contributed by atoms with Crippen LogP contribution in [0.15, 0.2) is 52.3 Å². The fourth-order valence-electron chi connectivity index (χ4n) is 3.23. The van der Waals surface area contributed by atoms with Gasteiger partial charge in [0, 0.05) is 24.4 Å². The van der Waals surface area contributed by atoms with E-state index < -0.39 is 10.0 Å². The van der Waals surface area contributed by atoms with Gasteiger partial charge in [-0.1, -0.05) is 13.8 Å². The number of sulfonamides is 1. The molecule has 0 amide bonds. The minimum atomic E-state index is -3.79. The summed E-state index contributed by atoms with van der Waals surface area (Å²) in [5, 5.41) is 0. The summed E-state index contributed by atoms with van der Waals surface area (Å²) in [5.74, 6) is 0.485. The molecule has 0 aliphatic rings. The number of aromatic nitrogens is 3. The zero-order valence-electron chi connectivity index (χ0n) is 17.0. The Balaban J connectivity index is 1.92. The van der Waals surface area contributed by atoms with Crippen LogP contribution in [0.3, 0.4) is 0 Å². The molecule has 29 heavy (non-hydrogen) atoms. The molecule has 0 radical (unpaired) electrons. The fraction of sp³-hybridized carbons (Fsp3) is 0.300. The van der Waals surface area contributed by atoms with Gasteiger partial charge in [-0.25, -0.2) is 18.1 Å². The van der Waals surface area contributed by atoms with E-state index in [-0.39, 0.29) is 16.4 Å². The van der Waals surface area contributed by atoms with Gasteiger partial charge in [-0.15, -0.1) is 0 Å². The Hall–Kier alpha value is -3.07. The molecule has 3 aromatic rings. The van der Waals surface area contributed by atoms with Crippen molar-refractivity contribution in [2.75, 3.05) is 11.8 Å². The molecule has 0 bridgehead atoms. The standard InChI is InChI=1S/C20H24N4O4S/c1-13(2)19-14(3)23(4)24(20(19)25)16-7-9-17(10-8-16)29(26,27)22-15-6-11-18(28-5)21-12-15/h6-13,22H,1-5H3. The second-order valence-corrected chi connectivity index (χ2v) is 8.67. The number of pyridine rings is 1. The van der Waals surface area contributed by atoms with Crippen LogP contribution in [0.1, 0.15) is 31.0 Å². The van der Waals surface area contributed by atoms with Gasteiger partial charge in [-0.3, -0.25) is 14.2 Å².